The summed E-state index contributed by atoms with van der Waals surface area (Å²) in [5.74, 6) is 0.0885. The Bertz CT molecular complexity index is 638. The molecule has 0 N–H and O–H groups in total. The van der Waals surface area contributed by atoms with Crippen LogP contribution in [0.2, 0.25) is 0 Å². The van der Waals surface area contributed by atoms with Gasteiger partial charge in [-0.15, -0.1) is 0 Å². The van der Waals surface area contributed by atoms with Gasteiger partial charge in [0.2, 0.25) is 0 Å². The zero-order chi connectivity index (χ0) is 14.2. The van der Waals surface area contributed by atoms with Crippen molar-refractivity contribution in [2.75, 3.05) is 0 Å². The van der Waals surface area contributed by atoms with Gasteiger partial charge in [-0.2, -0.15) is 24.3 Å². The molecule has 0 fully saturated rings. The Labute approximate surface area is 134 Å². The first kappa shape index (κ1) is 16.8. The van der Waals surface area contributed by atoms with Crippen molar-refractivity contribution < 1.29 is 26.7 Å². The Hall–Kier alpha value is -2.22. The molecule has 0 bridgehead atoms. The van der Waals surface area contributed by atoms with Crippen molar-refractivity contribution in [3.8, 4) is 0 Å². The van der Waals surface area contributed by atoms with E-state index in [0.29, 0.717) is 0 Å². The quantitative estimate of drug-likeness (QED) is 0.318. The largest absolute Gasteiger partial charge is 0.644 e. The van der Waals surface area contributed by atoms with Gasteiger partial charge in [-0.1, -0.05) is 23.8 Å². The van der Waals surface area contributed by atoms with E-state index in [1.54, 1.807) is 12.1 Å². The van der Waals surface area contributed by atoms with E-state index in [4.69, 9.17) is 0 Å². The summed E-state index contributed by atoms with van der Waals surface area (Å²) < 4.78 is 0. The van der Waals surface area contributed by atoms with Crippen LogP contribution < -0.4 is 0 Å². The molecule has 0 aliphatic heterocycles. The zero-order valence-electron chi connectivity index (χ0n) is 11.3. The van der Waals surface area contributed by atoms with Gasteiger partial charge in [0, 0.05) is 17.1 Å². The molecular formula is C18H14FeO2-6. The molecule has 0 saturated carbocycles. The van der Waals surface area contributed by atoms with Gasteiger partial charge >= 0.3 is 0 Å². The van der Waals surface area contributed by atoms with Crippen LogP contribution in [-0.4, -0.2) is 12.1 Å². The summed E-state index contributed by atoms with van der Waals surface area (Å²) in [5.41, 5.74) is 2.25. The average Bonchev–Trinajstić information content (AvgIpc) is 3.21. The van der Waals surface area contributed by atoms with Crippen LogP contribution in [0.25, 0.3) is 0 Å². The molecule has 3 heteroatoms. The third kappa shape index (κ3) is 4.99. The van der Waals surface area contributed by atoms with E-state index in [0.717, 1.165) is 23.0 Å². The van der Waals surface area contributed by atoms with Crippen molar-refractivity contribution in [3.05, 3.63) is 95.6 Å². The normalized spacial score (nSPS) is 8.95. The van der Waals surface area contributed by atoms with Crippen molar-refractivity contribution in [3.63, 3.8) is 0 Å². The van der Waals surface area contributed by atoms with Gasteiger partial charge in [0.05, 0.1) is 6.29 Å². The SMILES string of the molecule is O=C(c1ccccc1)[c-]1[cH-][cH-][cH-][cH-]1.O=C[c-]1cccc1.[Fe]. The predicted molar refractivity (Wildman–Crippen MR) is 79.3 cm³/mol. The molecule has 21 heavy (non-hydrogen) atoms. The van der Waals surface area contributed by atoms with Gasteiger partial charge in [-0.3, -0.25) is 0 Å². The first-order chi connectivity index (χ1) is 9.81. The van der Waals surface area contributed by atoms with Gasteiger partial charge in [-0.25, -0.2) is 12.1 Å². The molecular weight excluding hydrogens is 304 g/mol. The smallest absolute Gasteiger partial charge is 0.0949 e. The van der Waals surface area contributed by atoms with Crippen LogP contribution >= 0.6 is 0 Å². The van der Waals surface area contributed by atoms with Gasteiger partial charge < -0.3 is 50.8 Å². The standard InChI is InChI=1S/C12H9O.C6H5O.Fe/c13-12(11-8-4-5-9-11)10-6-2-1-3-7-10;7-5-6-3-1-2-4-6;/h1-9H;1-5H;/q-5;-1;. The Morgan fingerprint density at radius 3 is 2.00 bits per heavy atom. The maximum Gasteiger partial charge on any atom is 0.0949 e. The third-order valence-electron chi connectivity index (χ3n) is 2.79. The number of aldehydes is 1. The molecule has 3 aromatic rings. The summed E-state index contributed by atoms with van der Waals surface area (Å²) >= 11 is 0. The molecule has 0 saturated heterocycles. The van der Waals surface area contributed by atoms with Gasteiger partial charge in [0.25, 0.3) is 0 Å². The number of benzene rings is 1. The van der Waals surface area contributed by atoms with E-state index in [2.05, 4.69) is 0 Å². The average molecular weight is 318 g/mol. The summed E-state index contributed by atoms with van der Waals surface area (Å²) in [6.45, 7) is 0. The zero-order valence-corrected chi connectivity index (χ0v) is 12.4. The topological polar surface area (TPSA) is 34.1 Å². The molecule has 0 atom stereocenters. The molecule has 0 unspecified atom stereocenters. The molecule has 3 rings (SSSR count). The fraction of sp³-hybridized carbons (Fsp3) is 0. The molecule has 2 nitrogen and oxygen atoms in total. The molecule has 112 valence electrons. The molecule has 3 aromatic carbocycles. The van der Waals surface area contributed by atoms with E-state index in [-0.39, 0.29) is 22.9 Å². The number of rotatable bonds is 3. The molecule has 0 aliphatic rings. The van der Waals surface area contributed by atoms with Crippen LogP contribution in [0.1, 0.15) is 26.3 Å². The van der Waals surface area contributed by atoms with E-state index in [1.807, 2.05) is 66.7 Å². The summed E-state index contributed by atoms with van der Waals surface area (Å²) in [6.07, 6.45) is 0.833. The number of carbonyl (C=O) groups excluding carboxylic acids is 2. The maximum absolute atomic E-state index is 11.7. The van der Waals surface area contributed by atoms with Crippen LogP contribution in [0.15, 0.2) is 78.9 Å². The van der Waals surface area contributed by atoms with Crippen LogP contribution in [0, 0.1) is 0 Å². The minimum absolute atomic E-state index is 0. The first-order valence-corrected chi connectivity index (χ1v) is 6.29. The number of ketones is 1. The minimum atomic E-state index is 0. The summed E-state index contributed by atoms with van der Waals surface area (Å²) in [4.78, 5) is 21.6. The second-order valence-corrected chi connectivity index (χ2v) is 4.20. The van der Waals surface area contributed by atoms with Crippen molar-refractivity contribution in [2.45, 2.75) is 0 Å². The maximum atomic E-state index is 11.7. The van der Waals surface area contributed by atoms with Gasteiger partial charge in [0.1, 0.15) is 0 Å². The Kier molecular flexibility index (Phi) is 7.10. The molecule has 0 spiro atoms. The van der Waals surface area contributed by atoms with Crippen LogP contribution in [0.5, 0.6) is 0 Å². The van der Waals surface area contributed by atoms with E-state index in [1.165, 1.54) is 0 Å². The second-order valence-electron chi connectivity index (χ2n) is 4.20. The fourth-order valence-corrected chi connectivity index (χ4v) is 1.75. The molecule has 0 heterocycles. The van der Waals surface area contributed by atoms with Crippen LogP contribution in [-0.2, 0) is 17.1 Å². The van der Waals surface area contributed by atoms with Gasteiger partial charge in [-0.05, 0) is 0 Å². The third-order valence-corrected chi connectivity index (χ3v) is 2.79. The predicted octanol–water partition coefficient (Wildman–Crippen LogP) is 3.85. The monoisotopic (exact) mass is 318 g/mol. The molecule has 0 radical (unpaired) electrons. The van der Waals surface area contributed by atoms with Crippen molar-refractivity contribution in [1.29, 1.82) is 0 Å². The summed E-state index contributed by atoms with van der Waals surface area (Å²) in [5, 5.41) is 0. The minimum Gasteiger partial charge on any atom is -0.644 e. The van der Waals surface area contributed by atoms with Crippen molar-refractivity contribution >= 4 is 12.1 Å². The second kappa shape index (κ2) is 8.85. The fourth-order valence-electron chi connectivity index (χ4n) is 1.75. The molecule has 0 amide bonds. The molecule has 0 aliphatic carbocycles. The van der Waals surface area contributed by atoms with Crippen LogP contribution in [0.4, 0.5) is 0 Å². The summed E-state index contributed by atoms with van der Waals surface area (Å²) in [6, 6.07) is 23.9. The number of hydrogen-bond acceptors (Lipinski definition) is 2. The van der Waals surface area contributed by atoms with Crippen molar-refractivity contribution in [1.82, 2.24) is 0 Å². The Morgan fingerprint density at radius 2 is 1.52 bits per heavy atom. The van der Waals surface area contributed by atoms with E-state index < -0.39 is 0 Å². The molecule has 0 aromatic heterocycles. The summed E-state index contributed by atoms with van der Waals surface area (Å²) in [7, 11) is 0. The Morgan fingerprint density at radius 1 is 0.952 bits per heavy atom. The van der Waals surface area contributed by atoms with Gasteiger partial charge in [0.15, 0.2) is 0 Å². The number of hydrogen-bond donors (Lipinski definition) is 0. The van der Waals surface area contributed by atoms with Crippen molar-refractivity contribution in [2.24, 2.45) is 0 Å². The first-order valence-electron chi connectivity index (χ1n) is 6.29. The number of carbonyl (C=O) groups is 2. The van der Waals surface area contributed by atoms with Crippen LogP contribution in [0.3, 0.4) is 0 Å². The van der Waals surface area contributed by atoms with E-state index in [9.17, 15) is 9.59 Å². The Balaban J connectivity index is 0.000000236. The van der Waals surface area contributed by atoms with E-state index >= 15 is 0 Å².